The standard InChI is InChI=1S/C22H18O5S/c1-13(14-6-8-15(9-7-14)22(24)25)20(23)19-17(26-2)11-10-16(21(19)27-3)18-5-4-12-28-18/h4-12H,1H2,2-3H3,(H,24,25). The number of hydrogen-bond donors (Lipinski definition) is 1. The average molecular weight is 394 g/mol. The molecule has 0 saturated heterocycles. The Morgan fingerprint density at radius 2 is 1.64 bits per heavy atom. The Bertz CT molecular complexity index is 1030. The first kappa shape index (κ1) is 19.4. The highest BCUT2D eigenvalue weighted by Crippen LogP contribution is 2.41. The van der Waals surface area contributed by atoms with Gasteiger partial charge in [0.05, 0.1) is 19.8 Å². The van der Waals surface area contributed by atoms with Crippen molar-refractivity contribution in [1.29, 1.82) is 0 Å². The van der Waals surface area contributed by atoms with Gasteiger partial charge in [-0.15, -0.1) is 11.3 Å². The first-order valence-corrected chi connectivity index (χ1v) is 9.22. The van der Waals surface area contributed by atoms with E-state index in [2.05, 4.69) is 6.58 Å². The summed E-state index contributed by atoms with van der Waals surface area (Å²) in [6.07, 6.45) is 0. The largest absolute Gasteiger partial charge is 0.496 e. The fourth-order valence-electron chi connectivity index (χ4n) is 2.88. The molecule has 6 heteroatoms. The molecule has 5 nitrogen and oxygen atoms in total. The van der Waals surface area contributed by atoms with Gasteiger partial charge in [0.1, 0.15) is 17.1 Å². The average Bonchev–Trinajstić information content (AvgIpc) is 3.26. The number of Topliss-reactive ketones (excluding diaryl/α,β-unsaturated/α-hetero) is 1. The number of benzene rings is 2. The number of methoxy groups -OCH3 is 2. The van der Waals surface area contributed by atoms with E-state index >= 15 is 0 Å². The topological polar surface area (TPSA) is 72.8 Å². The molecule has 1 aromatic heterocycles. The van der Waals surface area contributed by atoms with Gasteiger partial charge in [-0.2, -0.15) is 0 Å². The molecule has 1 heterocycles. The number of allylic oxidation sites excluding steroid dienone is 1. The molecule has 0 radical (unpaired) electrons. The van der Waals surface area contributed by atoms with Gasteiger partial charge in [-0.3, -0.25) is 4.79 Å². The number of aromatic carboxylic acids is 1. The number of carboxylic acids is 1. The predicted octanol–water partition coefficient (Wildman–Crippen LogP) is 5.03. The van der Waals surface area contributed by atoms with Crippen LogP contribution >= 0.6 is 11.3 Å². The lowest BCUT2D eigenvalue weighted by Gasteiger charge is -2.16. The zero-order valence-corrected chi connectivity index (χ0v) is 16.2. The molecule has 0 spiro atoms. The number of thiophene rings is 1. The molecule has 3 aromatic rings. The van der Waals surface area contributed by atoms with E-state index in [1.807, 2.05) is 23.6 Å². The van der Waals surface area contributed by atoms with E-state index in [-0.39, 0.29) is 22.5 Å². The molecular formula is C22H18O5S. The van der Waals surface area contributed by atoms with Gasteiger partial charge in [0.15, 0.2) is 0 Å². The maximum atomic E-state index is 13.3. The van der Waals surface area contributed by atoms with Crippen LogP contribution in [0.25, 0.3) is 16.0 Å². The molecule has 2 aromatic carbocycles. The summed E-state index contributed by atoms with van der Waals surface area (Å²) in [5.41, 5.74) is 1.95. The molecule has 0 aliphatic rings. The lowest BCUT2D eigenvalue weighted by Crippen LogP contribution is -2.08. The molecule has 3 rings (SSSR count). The number of ether oxygens (including phenoxy) is 2. The second-order valence-corrected chi connectivity index (χ2v) is 6.84. The van der Waals surface area contributed by atoms with Gasteiger partial charge in [-0.1, -0.05) is 24.8 Å². The minimum absolute atomic E-state index is 0.138. The second-order valence-electron chi connectivity index (χ2n) is 5.89. The van der Waals surface area contributed by atoms with Crippen molar-refractivity contribution in [1.82, 2.24) is 0 Å². The fourth-order valence-corrected chi connectivity index (χ4v) is 3.63. The molecule has 0 fully saturated rings. The number of rotatable bonds is 7. The number of ketones is 1. The van der Waals surface area contributed by atoms with Gasteiger partial charge in [0.25, 0.3) is 0 Å². The molecular weight excluding hydrogens is 376 g/mol. The highest BCUT2D eigenvalue weighted by atomic mass is 32.1. The van der Waals surface area contributed by atoms with E-state index in [1.54, 1.807) is 18.2 Å². The van der Waals surface area contributed by atoms with Gasteiger partial charge >= 0.3 is 5.97 Å². The molecule has 0 unspecified atom stereocenters. The lowest BCUT2D eigenvalue weighted by molar-refractivity contribution is 0.0696. The Morgan fingerprint density at radius 3 is 2.18 bits per heavy atom. The van der Waals surface area contributed by atoms with E-state index in [0.29, 0.717) is 17.1 Å². The minimum Gasteiger partial charge on any atom is -0.496 e. The highest BCUT2D eigenvalue weighted by molar-refractivity contribution is 7.13. The summed E-state index contributed by atoms with van der Waals surface area (Å²) in [5, 5.41) is 11.0. The van der Waals surface area contributed by atoms with Crippen LogP contribution in [0.5, 0.6) is 11.5 Å². The van der Waals surface area contributed by atoms with Crippen LogP contribution in [0, 0.1) is 0 Å². The lowest BCUT2D eigenvalue weighted by atomic mass is 9.94. The van der Waals surface area contributed by atoms with Crippen LogP contribution in [0.1, 0.15) is 26.3 Å². The summed E-state index contributed by atoms with van der Waals surface area (Å²) in [7, 11) is 2.99. The molecule has 0 amide bonds. The van der Waals surface area contributed by atoms with Crippen LogP contribution in [0.15, 0.2) is 60.5 Å². The van der Waals surface area contributed by atoms with Crippen LogP contribution < -0.4 is 9.47 Å². The zero-order valence-electron chi connectivity index (χ0n) is 15.4. The summed E-state index contributed by atoms with van der Waals surface area (Å²) in [5.74, 6) is -0.591. The number of carboxylic acid groups (broad SMARTS) is 1. The van der Waals surface area contributed by atoms with Gasteiger partial charge in [-0.05, 0) is 41.3 Å². The molecule has 142 valence electrons. The molecule has 28 heavy (non-hydrogen) atoms. The van der Waals surface area contributed by atoms with Crippen LogP contribution in [-0.4, -0.2) is 31.1 Å². The third kappa shape index (κ3) is 3.54. The van der Waals surface area contributed by atoms with E-state index < -0.39 is 5.97 Å². The van der Waals surface area contributed by atoms with E-state index in [4.69, 9.17) is 14.6 Å². The maximum Gasteiger partial charge on any atom is 0.335 e. The Hall–Kier alpha value is -3.38. The molecule has 0 bridgehead atoms. The van der Waals surface area contributed by atoms with Crippen molar-refractivity contribution in [3.63, 3.8) is 0 Å². The zero-order chi connectivity index (χ0) is 20.3. The fraction of sp³-hybridized carbons (Fsp3) is 0.0909. The summed E-state index contributed by atoms with van der Waals surface area (Å²) >= 11 is 1.54. The molecule has 0 aliphatic heterocycles. The summed E-state index contributed by atoms with van der Waals surface area (Å²) < 4.78 is 11.0. The van der Waals surface area contributed by atoms with E-state index in [0.717, 1.165) is 10.4 Å². The maximum absolute atomic E-state index is 13.3. The van der Waals surface area contributed by atoms with Crippen LogP contribution in [0.4, 0.5) is 0 Å². The van der Waals surface area contributed by atoms with Crippen molar-refractivity contribution in [2.45, 2.75) is 0 Å². The third-order valence-electron chi connectivity index (χ3n) is 4.31. The van der Waals surface area contributed by atoms with Crippen molar-refractivity contribution < 1.29 is 24.2 Å². The van der Waals surface area contributed by atoms with Crippen LogP contribution in [0.2, 0.25) is 0 Å². The summed E-state index contributed by atoms with van der Waals surface area (Å²) in [6.45, 7) is 3.91. The molecule has 0 aliphatic carbocycles. The third-order valence-corrected chi connectivity index (χ3v) is 5.21. The van der Waals surface area contributed by atoms with Crippen molar-refractivity contribution in [2.75, 3.05) is 14.2 Å². The smallest absolute Gasteiger partial charge is 0.335 e. The first-order chi connectivity index (χ1) is 13.5. The van der Waals surface area contributed by atoms with Crippen LogP contribution in [-0.2, 0) is 0 Å². The summed E-state index contributed by atoms with van der Waals surface area (Å²) in [4.78, 5) is 25.3. The SMILES string of the molecule is C=C(C(=O)c1c(OC)ccc(-c2cccs2)c1OC)c1ccc(C(=O)O)cc1. The quantitative estimate of drug-likeness (QED) is 0.450. The van der Waals surface area contributed by atoms with Crippen molar-refractivity contribution >= 4 is 28.7 Å². The summed E-state index contributed by atoms with van der Waals surface area (Å²) in [6, 6.07) is 13.4. The number of hydrogen-bond acceptors (Lipinski definition) is 5. The molecule has 1 N–H and O–H groups in total. The normalized spacial score (nSPS) is 10.4. The van der Waals surface area contributed by atoms with Gasteiger partial charge in [-0.25, -0.2) is 4.79 Å². The predicted molar refractivity (Wildman–Crippen MR) is 110 cm³/mol. The van der Waals surface area contributed by atoms with E-state index in [9.17, 15) is 9.59 Å². The van der Waals surface area contributed by atoms with E-state index in [1.165, 1.54) is 37.7 Å². The number of carbonyl (C=O) groups excluding carboxylic acids is 1. The Morgan fingerprint density at radius 1 is 0.964 bits per heavy atom. The van der Waals surface area contributed by atoms with Crippen molar-refractivity contribution in [3.8, 4) is 21.9 Å². The Balaban J connectivity index is 2.08. The molecule has 0 atom stereocenters. The van der Waals surface area contributed by atoms with Gasteiger partial charge < -0.3 is 14.6 Å². The van der Waals surface area contributed by atoms with Gasteiger partial charge in [0, 0.05) is 16.0 Å². The first-order valence-electron chi connectivity index (χ1n) is 8.34. The Kier molecular flexibility index (Phi) is 5.61. The minimum atomic E-state index is -1.03. The van der Waals surface area contributed by atoms with Crippen molar-refractivity contribution in [2.24, 2.45) is 0 Å². The van der Waals surface area contributed by atoms with Gasteiger partial charge in [0.2, 0.25) is 5.78 Å². The number of carbonyl (C=O) groups is 2. The monoisotopic (exact) mass is 394 g/mol. The van der Waals surface area contributed by atoms with Crippen molar-refractivity contribution in [3.05, 3.63) is 77.2 Å². The van der Waals surface area contributed by atoms with Crippen LogP contribution in [0.3, 0.4) is 0 Å². The molecule has 0 saturated carbocycles. The Labute approximate surface area is 166 Å². The highest BCUT2D eigenvalue weighted by Gasteiger charge is 2.25. The second kappa shape index (κ2) is 8.10.